The number of hydrogen-bond donors (Lipinski definition) is 3. The van der Waals surface area contributed by atoms with Gasteiger partial charge in [-0.05, 0) is 53.5 Å². The van der Waals surface area contributed by atoms with E-state index in [4.69, 9.17) is 20.1 Å². The molecule has 228 valence electrons. The van der Waals surface area contributed by atoms with Gasteiger partial charge in [-0.25, -0.2) is 0 Å². The van der Waals surface area contributed by atoms with Crippen molar-refractivity contribution in [2.75, 3.05) is 51.9 Å². The number of morpholine rings is 1. The second kappa shape index (κ2) is 13.0. The summed E-state index contributed by atoms with van der Waals surface area (Å²) in [5.41, 5.74) is 1.93. The Kier molecular flexibility index (Phi) is 9.17. The third kappa shape index (κ3) is 7.09. The molecule has 2 fully saturated rings. The van der Waals surface area contributed by atoms with Crippen LogP contribution in [0.4, 0.5) is 5.69 Å². The lowest BCUT2D eigenvalue weighted by Gasteiger charge is -2.26. The molecule has 2 aliphatic rings. The maximum Gasteiger partial charge on any atom is 0.276 e. The summed E-state index contributed by atoms with van der Waals surface area (Å²) in [6.07, 6.45) is 1.91. The van der Waals surface area contributed by atoms with Crippen molar-refractivity contribution in [3.8, 4) is 11.5 Å². The Labute approximate surface area is 252 Å². The van der Waals surface area contributed by atoms with Crippen LogP contribution in [0.3, 0.4) is 0 Å². The molecule has 0 aromatic heterocycles. The van der Waals surface area contributed by atoms with E-state index in [9.17, 15) is 9.59 Å². The summed E-state index contributed by atoms with van der Waals surface area (Å²) in [5, 5.41) is 11.5. The third-order valence-electron chi connectivity index (χ3n) is 7.82. The van der Waals surface area contributed by atoms with E-state index >= 15 is 0 Å². The summed E-state index contributed by atoms with van der Waals surface area (Å²) in [6.45, 7) is 10.7. The molecule has 1 saturated carbocycles. The van der Waals surface area contributed by atoms with Crippen LogP contribution in [0.1, 0.15) is 55.1 Å². The zero-order valence-electron chi connectivity index (χ0n) is 25.4. The van der Waals surface area contributed by atoms with Crippen LogP contribution in [0.2, 0.25) is 0 Å². The van der Waals surface area contributed by atoms with E-state index in [1.807, 2.05) is 63.2 Å². The monoisotopic (exact) mass is 587 g/mol. The molecule has 0 radical (unpaired) electrons. The summed E-state index contributed by atoms with van der Waals surface area (Å²) in [7, 11) is 1.49. The standard InChI is InChI=1S/C33H41N5O5/c1-33(2,3)21-19-26(31(39)35-22-9-10-22)30(41-4)27(20-21)36-32(40)29(37-34)25-11-12-28(24-8-6-5-7-23(24)25)43-18-15-38-13-16-42-17-14-38/h5-8,11-12,19-20,22H,9-10,13-18,34H2,1-4H3,(H,35,39)(H,36,40)/b37-29-. The first-order valence-corrected chi connectivity index (χ1v) is 14.8. The van der Waals surface area contributed by atoms with Gasteiger partial charge in [0.05, 0.1) is 31.6 Å². The first-order valence-electron chi connectivity index (χ1n) is 14.8. The van der Waals surface area contributed by atoms with Gasteiger partial charge in [-0.2, -0.15) is 5.10 Å². The number of carbonyl (C=O) groups excluding carboxylic acids is 2. The van der Waals surface area contributed by atoms with Crippen LogP contribution in [0.25, 0.3) is 10.8 Å². The van der Waals surface area contributed by atoms with Crippen LogP contribution in [-0.4, -0.2) is 75.0 Å². The van der Waals surface area contributed by atoms with Gasteiger partial charge in [0.1, 0.15) is 12.4 Å². The van der Waals surface area contributed by atoms with Gasteiger partial charge in [-0.15, -0.1) is 0 Å². The molecule has 10 heteroatoms. The molecule has 0 spiro atoms. The van der Waals surface area contributed by atoms with E-state index in [0.29, 0.717) is 23.4 Å². The Morgan fingerprint density at radius 2 is 1.77 bits per heavy atom. The van der Waals surface area contributed by atoms with Crippen LogP contribution in [-0.2, 0) is 14.9 Å². The van der Waals surface area contributed by atoms with E-state index in [1.54, 1.807) is 6.07 Å². The number of nitrogens with two attached hydrogens (primary N) is 1. The van der Waals surface area contributed by atoms with E-state index < -0.39 is 5.91 Å². The molecule has 0 unspecified atom stereocenters. The zero-order chi connectivity index (χ0) is 30.6. The minimum atomic E-state index is -0.522. The molecule has 1 heterocycles. The number of carbonyl (C=O) groups is 2. The molecule has 1 aliphatic heterocycles. The summed E-state index contributed by atoms with van der Waals surface area (Å²) >= 11 is 0. The Morgan fingerprint density at radius 1 is 1.05 bits per heavy atom. The number of nitrogens with zero attached hydrogens (tertiary/aromatic N) is 2. The average molecular weight is 588 g/mol. The van der Waals surface area contributed by atoms with Crippen LogP contribution >= 0.6 is 0 Å². The second-order valence-electron chi connectivity index (χ2n) is 12.0. The molecule has 1 saturated heterocycles. The van der Waals surface area contributed by atoms with Crippen LogP contribution in [0, 0.1) is 0 Å². The Hall–Kier alpha value is -4.15. The molecule has 2 amide bonds. The van der Waals surface area contributed by atoms with Crippen LogP contribution < -0.4 is 25.9 Å². The van der Waals surface area contributed by atoms with E-state index in [1.165, 1.54) is 7.11 Å². The van der Waals surface area contributed by atoms with Crippen LogP contribution in [0.5, 0.6) is 11.5 Å². The first-order chi connectivity index (χ1) is 20.7. The second-order valence-corrected chi connectivity index (χ2v) is 12.0. The molecule has 3 aromatic rings. The number of ether oxygens (including phenoxy) is 3. The summed E-state index contributed by atoms with van der Waals surface area (Å²) in [5.74, 6) is 6.09. The van der Waals surface area contributed by atoms with Gasteiger partial charge >= 0.3 is 0 Å². The molecule has 3 aromatic carbocycles. The van der Waals surface area contributed by atoms with E-state index in [-0.39, 0.29) is 28.8 Å². The number of amides is 2. The number of rotatable bonds is 10. The van der Waals surface area contributed by atoms with Gasteiger partial charge in [-0.3, -0.25) is 14.5 Å². The van der Waals surface area contributed by atoms with Crippen molar-refractivity contribution in [3.05, 3.63) is 65.2 Å². The van der Waals surface area contributed by atoms with Crippen LogP contribution in [0.15, 0.2) is 53.6 Å². The normalized spacial score (nSPS) is 16.1. The number of methoxy groups -OCH3 is 1. The van der Waals surface area contributed by atoms with Crippen molar-refractivity contribution in [3.63, 3.8) is 0 Å². The highest BCUT2D eigenvalue weighted by atomic mass is 16.5. The number of nitrogens with one attached hydrogen (secondary N) is 2. The molecule has 0 bridgehead atoms. The number of hydrazone groups is 1. The molecule has 4 N–H and O–H groups in total. The lowest BCUT2D eigenvalue weighted by molar-refractivity contribution is -0.110. The minimum Gasteiger partial charge on any atom is -0.494 e. The molecular weight excluding hydrogens is 546 g/mol. The van der Waals surface area contributed by atoms with Crippen molar-refractivity contribution in [1.29, 1.82) is 0 Å². The molecular formula is C33H41N5O5. The zero-order valence-corrected chi connectivity index (χ0v) is 25.4. The third-order valence-corrected chi connectivity index (χ3v) is 7.82. The fraction of sp³-hybridized carbons (Fsp3) is 0.424. The fourth-order valence-electron chi connectivity index (χ4n) is 5.18. The maximum absolute atomic E-state index is 13.8. The molecule has 1 aliphatic carbocycles. The van der Waals surface area contributed by atoms with Gasteiger partial charge in [0.25, 0.3) is 11.8 Å². The Balaban J connectivity index is 1.42. The maximum atomic E-state index is 13.8. The Morgan fingerprint density at radius 3 is 2.42 bits per heavy atom. The van der Waals surface area contributed by atoms with Crippen molar-refractivity contribution < 1.29 is 23.8 Å². The number of benzene rings is 3. The van der Waals surface area contributed by atoms with E-state index in [0.717, 1.165) is 67.8 Å². The van der Waals surface area contributed by atoms with Gasteiger partial charge in [0, 0.05) is 36.6 Å². The smallest absolute Gasteiger partial charge is 0.276 e. The highest BCUT2D eigenvalue weighted by Gasteiger charge is 2.29. The highest BCUT2D eigenvalue weighted by molar-refractivity contribution is 6.50. The largest absolute Gasteiger partial charge is 0.494 e. The van der Waals surface area contributed by atoms with Gasteiger partial charge < -0.3 is 30.7 Å². The topological polar surface area (TPSA) is 128 Å². The quantitative estimate of drug-likeness (QED) is 0.186. The van der Waals surface area contributed by atoms with Gasteiger partial charge in [-0.1, -0.05) is 45.0 Å². The molecule has 43 heavy (non-hydrogen) atoms. The average Bonchev–Trinajstić information content (AvgIpc) is 3.82. The molecule has 0 atom stereocenters. The van der Waals surface area contributed by atoms with E-state index in [2.05, 4.69) is 20.6 Å². The van der Waals surface area contributed by atoms with Gasteiger partial charge in [0.2, 0.25) is 0 Å². The van der Waals surface area contributed by atoms with Crippen molar-refractivity contribution in [2.24, 2.45) is 10.9 Å². The Bertz CT molecular complexity index is 1520. The van der Waals surface area contributed by atoms with Crippen molar-refractivity contribution in [2.45, 2.75) is 45.1 Å². The number of hydrogen-bond acceptors (Lipinski definition) is 8. The molecule has 5 rings (SSSR count). The van der Waals surface area contributed by atoms with Crippen molar-refractivity contribution >= 4 is 34.0 Å². The summed E-state index contributed by atoms with van der Waals surface area (Å²) in [6, 6.07) is 15.2. The number of anilines is 1. The predicted octanol–water partition coefficient (Wildman–Crippen LogP) is 4.05. The fourth-order valence-corrected chi connectivity index (χ4v) is 5.18. The number of fused-ring (bicyclic) bond motifs is 1. The van der Waals surface area contributed by atoms with Crippen molar-refractivity contribution in [1.82, 2.24) is 10.2 Å². The minimum absolute atomic E-state index is 0.0447. The molecule has 10 nitrogen and oxygen atoms in total. The summed E-state index contributed by atoms with van der Waals surface area (Å²) < 4.78 is 17.3. The predicted molar refractivity (Wildman–Crippen MR) is 168 cm³/mol. The highest BCUT2D eigenvalue weighted by Crippen LogP contribution is 2.36. The first kappa shape index (κ1) is 30.3. The SMILES string of the molecule is COc1c(NC(=O)/C(=N\N)c2ccc(OCCN3CCOCC3)c3ccccc23)cc(C(C)(C)C)cc1C(=O)NC1CC1. The lowest BCUT2D eigenvalue weighted by atomic mass is 9.85. The van der Waals surface area contributed by atoms with Gasteiger partial charge in [0.15, 0.2) is 11.5 Å². The lowest BCUT2D eigenvalue weighted by Crippen LogP contribution is -2.38. The summed E-state index contributed by atoms with van der Waals surface area (Å²) in [4.78, 5) is 29.3.